The topological polar surface area (TPSA) is 86.1 Å². The van der Waals surface area contributed by atoms with E-state index in [0.717, 1.165) is 44.8 Å². The van der Waals surface area contributed by atoms with E-state index in [-0.39, 0.29) is 11.7 Å². The molecular weight excluding hydrogens is 585 g/mol. The van der Waals surface area contributed by atoms with Gasteiger partial charge in [0.05, 0.1) is 12.9 Å². The van der Waals surface area contributed by atoms with Gasteiger partial charge in [-0.15, -0.1) is 32.9 Å². The predicted octanol–water partition coefficient (Wildman–Crippen LogP) is 8.17. The number of rotatable bonds is 9. The number of carbonyl (C=O) groups excluding carboxylic acids is 2. The number of nitrogens with one attached hydrogen (secondary N) is 1. The summed E-state index contributed by atoms with van der Waals surface area (Å²) >= 11 is 4.33. The van der Waals surface area contributed by atoms with Gasteiger partial charge in [0.1, 0.15) is 10.6 Å². The largest absolute Gasteiger partial charge is 0.465 e. The molecular formula is C32H32N4O3S3. The Bertz CT molecular complexity index is 1770. The minimum absolute atomic E-state index is 0.114. The van der Waals surface area contributed by atoms with Crippen molar-refractivity contribution in [1.82, 2.24) is 14.8 Å². The number of thiophene rings is 2. The van der Waals surface area contributed by atoms with E-state index < -0.39 is 5.97 Å². The molecule has 5 aromatic rings. The predicted molar refractivity (Wildman–Crippen MR) is 174 cm³/mol. The van der Waals surface area contributed by atoms with Gasteiger partial charge >= 0.3 is 5.97 Å². The van der Waals surface area contributed by atoms with E-state index >= 15 is 0 Å². The Kier molecular flexibility index (Phi) is 8.96. The van der Waals surface area contributed by atoms with Crippen molar-refractivity contribution in [3.63, 3.8) is 0 Å². The highest BCUT2D eigenvalue weighted by Crippen LogP contribution is 2.40. The first-order valence-corrected chi connectivity index (χ1v) is 16.2. The maximum atomic E-state index is 13.1. The molecule has 42 heavy (non-hydrogen) atoms. The number of nitrogens with zero attached hydrogens (tertiary/aromatic N) is 3. The molecule has 1 amide bonds. The van der Waals surface area contributed by atoms with Crippen molar-refractivity contribution in [2.45, 2.75) is 46.3 Å². The summed E-state index contributed by atoms with van der Waals surface area (Å²) in [6.45, 7) is 10.9. The SMILES string of the molecule is CCn1c(SCC(=O)Nc2scc(-c3cc(C)ccc3C)c2C(=O)OC)nnc1-c1csc(C)c1-c1ccc(C)cc1. The Labute approximate surface area is 258 Å². The van der Waals surface area contributed by atoms with E-state index in [0.29, 0.717) is 22.3 Å². The van der Waals surface area contributed by atoms with Crippen LogP contribution in [0.1, 0.15) is 38.8 Å². The molecule has 7 nitrogen and oxygen atoms in total. The summed E-state index contributed by atoms with van der Waals surface area (Å²) in [5.74, 6) is 0.173. The Morgan fingerprint density at radius 3 is 2.36 bits per heavy atom. The van der Waals surface area contributed by atoms with Crippen molar-refractivity contribution in [3.8, 4) is 33.6 Å². The van der Waals surface area contributed by atoms with Gasteiger partial charge in [-0.05, 0) is 51.3 Å². The number of esters is 1. The zero-order valence-corrected chi connectivity index (χ0v) is 26.9. The Hall–Kier alpha value is -3.73. The maximum Gasteiger partial charge on any atom is 0.341 e. The molecule has 0 saturated heterocycles. The van der Waals surface area contributed by atoms with E-state index in [1.54, 1.807) is 11.3 Å². The van der Waals surface area contributed by atoms with Crippen LogP contribution in [0.15, 0.2) is 58.4 Å². The second-order valence-corrected chi connectivity index (χ2v) is 12.9. The lowest BCUT2D eigenvalue weighted by Crippen LogP contribution is -2.16. The standard InChI is InChI=1S/C32H32N4O3S3/c1-7-36-29(25-16-40-21(5)27(25)22-12-9-18(2)10-13-22)34-35-32(36)42-17-26(37)33-30-28(31(38)39-6)24(15-41-30)23-14-19(3)8-11-20(23)4/h8-16H,7,17H2,1-6H3,(H,33,37). The number of ether oxygens (including phenoxy) is 1. The zero-order chi connectivity index (χ0) is 30.0. The summed E-state index contributed by atoms with van der Waals surface area (Å²) in [4.78, 5) is 27.2. The number of methoxy groups -OCH3 is 1. The van der Waals surface area contributed by atoms with E-state index in [4.69, 9.17) is 4.74 Å². The number of carbonyl (C=O) groups is 2. The molecule has 0 spiro atoms. The van der Waals surface area contributed by atoms with Crippen LogP contribution in [0.2, 0.25) is 0 Å². The summed E-state index contributed by atoms with van der Waals surface area (Å²) in [6, 6.07) is 14.6. The smallest absolute Gasteiger partial charge is 0.341 e. The first-order chi connectivity index (χ1) is 20.2. The molecule has 0 bridgehead atoms. The monoisotopic (exact) mass is 616 g/mol. The lowest BCUT2D eigenvalue weighted by Gasteiger charge is -2.11. The fourth-order valence-electron chi connectivity index (χ4n) is 4.85. The van der Waals surface area contributed by atoms with Crippen molar-refractivity contribution in [1.29, 1.82) is 0 Å². The van der Waals surface area contributed by atoms with Gasteiger partial charge in [0.2, 0.25) is 5.91 Å². The van der Waals surface area contributed by atoms with Crippen LogP contribution in [0.4, 0.5) is 5.00 Å². The fourth-order valence-corrected chi connectivity index (χ4v) is 7.48. The second kappa shape index (κ2) is 12.6. The van der Waals surface area contributed by atoms with Gasteiger partial charge < -0.3 is 14.6 Å². The molecule has 0 aliphatic carbocycles. The van der Waals surface area contributed by atoms with Gasteiger partial charge in [-0.25, -0.2) is 4.79 Å². The van der Waals surface area contributed by atoms with Crippen LogP contribution < -0.4 is 5.32 Å². The minimum atomic E-state index is -0.485. The quantitative estimate of drug-likeness (QED) is 0.133. The molecule has 3 heterocycles. The van der Waals surface area contributed by atoms with Crippen LogP contribution in [0.25, 0.3) is 33.6 Å². The third-order valence-electron chi connectivity index (χ3n) is 7.04. The molecule has 0 aliphatic rings. The van der Waals surface area contributed by atoms with Crippen molar-refractivity contribution in [3.05, 3.63) is 80.4 Å². The molecule has 216 valence electrons. The fraction of sp³-hybridized carbons (Fsp3) is 0.250. The molecule has 0 atom stereocenters. The molecule has 0 fully saturated rings. The average Bonchev–Trinajstić information content (AvgIpc) is 3.69. The third-order valence-corrected chi connectivity index (χ3v) is 9.81. The van der Waals surface area contributed by atoms with Crippen molar-refractivity contribution >= 4 is 51.3 Å². The number of anilines is 1. The molecule has 0 saturated carbocycles. The Morgan fingerprint density at radius 2 is 1.64 bits per heavy atom. The number of aromatic nitrogens is 3. The highest BCUT2D eigenvalue weighted by molar-refractivity contribution is 7.99. The average molecular weight is 617 g/mol. The second-order valence-electron chi connectivity index (χ2n) is 10.00. The summed E-state index contributed by atoms with van der Waals surface area (Å²) in [7, 11) is 1.35. The molecule has 10 heteroatoms. The van der Waals surface area contributed by atoms with Crippen LogP contribution in [0, 0.1) is 27.7 Å². The molecule has 1 N–H and O–H groups in total. The molecule has 3 aromatic heterocycles. The first-order valence-electron chi connectivity index (χ1n) is 13.5. The number of aryl methyl sites for hydroxylation is 4. The van der Waals surface area contributed by atoms with Gasteiger partial charge in [0.25, 0.3) is 0 Å². The Morgan fingerprint density at radius 1 is 0.929 bits per heavy atom. The van der Waals surface area contributed by atoms with Gasteiger partial charge in [0.15, 0.2) is 11.0 Å². The van der Waals surface area contributed by atoms with Gasteiger partial charge in [-0.3, -0.25) is 4.79 Å². The van der Waals surface area contributed by atoms with Crippen LogP contribution in [-0.4, -0.2) is 39.5 Å². The summed E-state index contributed by atoms with van der Waals surface area (Å²) in [5.41, 5.74) is 8.73. The van der Waals surface area contributed by atoms with Crippen molar-refractivity contribution in [2.24, 2.45) is 0 Å². The maximum absolute atomic E-state index is 13.1. The van der Waals surface area contributed by atoms with Crippen molar-refractivity contribution < 1.29 is 14.3 Å². The van der Waals surface area contributed by atoms with Gasteiger partial charge in [0, 0.05) is 38.9 Å². The first kappa shape index (κ1) is 29.8. The minimum Gasteiger partial charge on any atom is -0.465 e. The summed E-state index contributed by atoms with van der Waals surface area (Å²) in [5, 5.41) is 17.1. The molecule has 0 radical (unpaired) electrons. The van der Waals surface area contributed by atoms with E-state index in [9.17, 15) is 9.59 Å². The van der Waals surface area contributed by atoms with Crippen LogP contribution in [0.3, 0.4) is 0 Å². The number of benzene rings is 2. The van der Waals surface area contributed by atoms with E-state index in [1.807, 2.05) is 48.9 Å². The molecule has 2 aromatic carbocycles. The lowest BCUT2D eigenvalue weighted by atomic mass is 9.97. The lowest BCUT2D eigenvalue weighted by molar-refractivity contribution is -0.113. The van der Waals surface area contributed by atoms with E-state index in [2.05, 4.69) is 59.0 Å². The normalized spacial score (nSPS) is 11.1. The van der Waals surface area contributed by atoms with Gasteiger partial charge in [-0.1, -0.05) is 65.4 Å². The highest BCUT2D eigenvalue weighted by atomic mass is 32.2. The number of hydrogen-bond donors (Lipinski definition) is 1. The summed E-state index contributed by atoms with van der Waals surface area (Å²) < 4.78 is 7.14. The summed E-state index contributed by atoms with van der Waals surface area (Å²) in [6.07, 6.45) is 0. The third kappa shape index (κ3) is 5.92. The van der Waals surface area contributed by atoms with Gasteiger partial charge in [-0.2, -0.15) is 0 Å². The molecule has 0 unspecified atom stereocenters. The number of thioether (sulfide) groups is 1. The zero-order valence-electron chi connectivity index (χ0n) is 24.4. The highest BCUT2D eigenvalue weighted by Gasteiger charge is 2.24. The number of amides is 1. The van der Waals surface area contributed by atoms with Crippen LogP contribution >= 0.6 is 34.4 Å². The molecule has 0 aliphatic heterocycles. The van der Waals surface area contributed by atoms with Crippen LogP contribution in [-0.2, 0) is 16.1 Å². The van der Waals surface area contributed by atoms with Crippen molar-refractivity contribution in [2.75, 3.05) is 18.2 Å². The Balaban J connectivity index is 1.37. The van der Waals surface area contributed by atoms with Crippen LogP contribution in [0.5, 0.6) is 0 Å². The number of hydrogen-bond acceptors (Lipinski definition) is 8. The van der Waals surface area contributed by atoms with E-state index in [1.165, 1.54) is 40.6 Å². The molecule has 5 rings (SSSR count).